The predicted octanol–water partition coefficient (Wildman–Crippen LogP) is 2.41. The molecule has 0 saturated carbocycles. The fourth-order valence-corrected chi connectivity index (χ4v) is 2.08. The summed E-state index contributed by atoms with van der Waals surface area (Å²) in [7, 11) is 1.93. The Hall–Kier alpha value is -1.68. The quantitative estimate of drug-likeness (QED) is 0.899. The van der Waals surface area contributed by atoms with Crippen molar-refractivity contribution in [2.75, 3.05) is 7.05 Å². The number of nitrogens with one attached hydrogen (secondary N) is 1. The first-order chi connectivity index (χ1) is 8.61. The average molecular weight is 247 g/mol. The number of rotatable bonds is 4. The molecule has 0 unspecified atom stereocenters. The topological polar surface area (TPSA) is 29.9 Å². The Bertz CT molecular complexity index is 529. The maximum Gasteiger partial charge on any atom is 0.123 e. The number of benzene rings is 1. The van der Waals surface area contributed by atoms with Gasteiger partial charge in [0, 0.05) is 17.8 Å². The summed E-state index contributed by atoms with van der Waals surface area (Å²) in [6.07, 6.45) is 0. The molecule has 1 aromatic carbocycles. The molecule has 0 radical (unpaired) electrons. The molecule has 0 aliphatic heterocycles. The molecule has 1 aromatic heterocycles. The summed E-state index contributed by atoms with van der Waals surface area (Å²) >= 11 is 0. The maximum atomic E-state index is 12.8. The van der Waals surface area contributed by atoms with Gasteiger partial charge in [-0.05, 0) is 38.6 Å². The van der Waals surface area contributed by atoms with Crippen molar-refractivity contribution in [2.24, 2.45) is 0 Å². The Morgan fingerprint density at radius 3 is 2.50 bits per heavy atom. The summed E-state index contributed by atoms with van der Waals surface area (Å²) in [5, 5.41) is 7.68. The molecule has 3 nitrogen and oxygen atoms in total. The highest BCUT2D eigenvalue weighted by Crippen LogP contribution is 2.14. The van der Waals surface area contributed by atoms with Gasteiger partial charge in [-0.3, -0.25) is 4.68 Å². The van der Waals surface area contributed by atoms with Gasteiger partial charge in [-0.1, -0.05) is 12.1 Å². The zero-order valence-electron chi connectivity index (χ0n) is 11.0. The zero-order chi connectivity index (χ0) is 13.1. The van der Waals surface area contributed by atoms with Crippen LogP contribution in [0.3, 0.4) is 0 Å². The van der Waals surface area contributed by atoms with Crippen molar-refractivity contribution in [1.82, 2.24) is 15.1 Å². The minimum atomic E-state index is -0.206. The third-order valence-corrected chi connectivity index (χ3v) is 3.13. The summed E-state index contributed by atoms with van der Waals surface area (Å²) in [6, 6.07) is 6.55. The lowest BCUT2D eigenvalue weighted by Gasteiger charge is -2.05. The van der Waals surface area contributed by atoms with E-state index in [-0.39, 0.29) is 5.82 Å². The summed E-state index contributed by atoms with van der Waals surface area (Å²) in [4.78, 5) is 0. The van der Waals surface area contributed by atoms with Crippen molar-refractivity contribution < 1.29 is 4.39 Å². The number of hydrogen-bond donors (Lipinski definition) is 1. The highest BCUT2D eigenvalue weighted by Gasteiger charge is 2.10. The van der Waals surface area contributed by atoms with E-state index in [1.807, 2.05) is 18.7 Å². The number of aromatic nitrogens is 2. The fraction of sp³-hybridized carbons (Fsp3) is 0.357. The zero-order valence-corrected chi connectivity index (χ0v) is 11.0. The number of aryl methyl sites for hydroxylation is 1. The van der Waals surface area contributed by atoms with Gasteiger partial charge in [0.2, 0.25) is 0 Å². The molecule has 0 aliphatic carbocycles. The van der Waals surface area contributed by atoms with Crippen LogP contribution in [-0.2, 0) is 13.1 Å². The smallest absolute Gasteiger partial charge is 0.123 e. The highest BCUT2D eigenvalue weighted by atomic mass is 19.1. The number of halogens is 1. The van der Waals surface area contributed by atoms with Crippen LogP contribution in [0.25, 0.3) is 0 Å². The van der Waals surface area contributed by atoms with Gasteiger partial charge in [0.1, 0.15) is 5.82 Å². The molecule has 4 heteroatoms. The van der Waals surface area contributed by atoms with Crippen LogP contribution in [-0.4, -0.2) is 16.8 Å². The van der Waals surface area contributed by atoms with E-state index in [2.05, 4.69) is 17.3 Å². The molecule has 1 heterocycles. The van der Waals surface area contributed by atoms with E-state index in [0.29, 0.717) is 6.54 Å². The van der Waals surface area contributed by atoms with Crippen LogP contribution in [0.4, 0.5) is 4.39 Å². The SMILES string of the molecule is CNCc1c(C)nn(Cc2ccc(F)cc2)c1C. The second-order valence-electron chi connectivity index (χ2n) is 4.46. The fourth-order valence-electron chi connectivity index (χ4n) is 2.08. The van der Waals surface area contributed by atoms with Crippen LogP contribution in [0.15, 0.2) is 24.3 Å². The molecule has 0 fully saturated rings. The van der Waals surface area contributed by atoms with Crippen LogP contribution in [0.5, 0.6) is 0 Å². The van der Waals surface area contributed by atoms with Crippen LogP contribution in [0.1, 0.15) is 22.5 Å². The third kappa shape index (κ3) is 2.59. The number of hydrogen-bond acceptors (Lipinski definition) is 2. The van der Waals surface area contributed by atoms with E-state index in [9.17, 15) is 4.39 Å². The first kappa shape index (κ1) is 12.8. The lowest BCUT2D eigenvalue weighted by Crippen LogP contribution is -2.08. The van der Waals surface area contributed by atoms with Gasteiger partial charge in [0.25, 0.3) is 0 Å². The van der Waals surface area contributed by atoms with Gasteiger partial charge >= 0.3 is 0 Å². The Morgan fingerprint density at radius 2 is 1.89 bits per heavy atom. The summed E-state index contributed by atoms with van der Waals surface area (Å²) in [5.41, 5.74) is 4.49. The summed E-state index contributed by atoms with van der Waals surface area (Å²) in [5.74, 6) is -0.206. The van der Waals surface area contributed by atoms with Crippen molar-refractivity contribution in [1.29, 1.82) is 0 Å². The second-order valence-corrected chi connectivity index (χ2v) is 4.46. The molecule has 2 aromatic rings. The van der Waals surface area contributed by atoms with Gasteiger partial charge in [-0.25, -0.2) is 4.39 Å². The lowest BCUT2D eigenvalue weighted by molar-refractivity contribution is 0.622. The lowest BCUT2D eigenvalue weighted by atomic mass is 10.2. The standard InChI is InChI=1S/C14H18FN3/c1-10-14(8-16-3)11(2)18(17-10)9-12-4-6-13(15)7-5-12/h4-7,16H,8-9H2,1-3H3. The molecule has 0 bridgehead atoms. The Kier molecular flexibility index (Phi) is 3.77. The van der Waals surface area contributed by atoms with Gasteiger partial charge in [-0.2, -0.15) is 5.10 Å². The molecule has 1 N–H and O–H groups in total. The Labute approximate surface area is 107 Å². The molecule has 18 heavy (non-hydrogen) atoms. The van der Waals surface area contributed by atoms with Crippen molar-refractivity contribution in [3.8, 4) is 0 Å². The van der Waals surface area contributed by atoms with E-state index in [0.717, 1.165) is 23.5 Å². The first-order valence-electron chi connectivity index (χ1n) is 6.03. The van der Waals surface area contributed by atoms with Crippen LogP contribution in [0, 0.1) is 19.7 Å². The van der Waals surface area contributed by atoms with Crippen LogP contribution >= 0.6 is 0 Å². The minimum Gasteiger partial charge on any atom is -0.316 e. The molecule has 2 rings (SSSR count). The second kappa shape index (κ2) is 5.31. The molecular weight excluding hydrogens is 229 g/mol. The van der Waals surface area contributed by atoms with E-state index >= 15 is 0 Å². The van der Waals surface area contributed by atoms with E-state index in [1.54, 1.807) is 12.1 Å². The molecule has 96 valence electrons. The minimum absolute atomic E-state index is 0.206. The van der Waals surface area contributed by atoms with Gasteiger partial charge in [0.15, 0.2) is 0 Å². The Balaban J connectivity index is 2.24. The largest absolute Gasteiger partial charge is 0.316 e. The summed E-state index contributed by atoms with van der Waals surface area (Å²) < 4.78 is 14.8. The Morgan fingerprint density at radius 1 is 1.22 bits per heavy atom. The first-order valence-corrected chi connectivity index (χ1v) is 6.03. The molecule has 0 amide bonds. The van der Waals surface area contributed by atoms with Gasteiger partial charge < -0.3 is 5.32 Å². The van der Waals surface area contributed by atoms with Gasteiger partial charge in [0.05, 0.1) is 12.2 Å². The van der Waals surface area contributed by atoms with Crippen molar-refractivity contribution in [3.05, 3.63) is 52.6 Å². The van der Waals surface area contributed by atoms with Crippen molar-refractivity contribution in [3.63, 3.8) is 0 Å². The van der Waals surface area contributed by atoms with E-state index < -0.39 is 0 Å². The number of nitrogens with zero attached hydrogens (tertiary/aromatic N) is 2. The third-order valence-electron chi connectivity index (χ3n) is 3.13. The normalized spacial score (nSPS) is 10.9. The van der Waals surface area contributed by atoms with Crippen molar-refractivity contribution in [2.45, 2.75) is 26.9 Å². The molecular formula is C14H18FN3. The molecule has 0 atom stereocenters. The predicted molar refractivity (Wildman–Crippen MR) is 70.0 cm³/mol. The maximum absolute atomic E-state index is 12.8. The molecule has 0 saturated heterocycles. The van der Waals surface area contributed by atoms with E-state index in [1.165, 1.54) is 17.7 Å². The van der Waals surface area contributed by atoms with Crippen LogP contribution < -0.4 is 5.32 Å². The van der Waals surface area contributed by atoms with Crippen molar-refractivity contribution >= 4 is 0 Å². The van der Waals surface area contributed by atoms with E-state index in [4.69, 9.17) is 0 Å². The summed E-state index contributed by atoms with van der Waals surface area (Å²) in [6.45, 7) is 5.58. The molecule has 0 spiro atoms. The van der Waals surface area contributed by atoms with Gasteiger partial charge in [-0.15, -0.1) is 0 Å². The monoisotopic (exact) mass is 247 g/mol. The average Bonchev–Trinajstić information content (AvgIpc) is 2.60. The molecule has 0 aliphatic rings. The highest BCUT2D eigenvalue weighted by molar-refractivity contribution is 5.26. The van der Waals surface area contributed by atoms with Crippen LogP contribution in [0.2, 0.25) is 0 Å².